The molecule has 0 bridgehead atoms. The van der Waals surface area contributed by atoms with Gasteiger partial charge in [-0.25, -0.2) is 0 Å². The smallest absolute Gasteiger partial charge is 0.231 e. The van der Waals surface area contributed by atoms with E-state index in [-0.39, 0.29) is 11.9 Å². The van der Waals surface area contributed by atoms with Crippen LogP contribution in [0.5, 0.6) is 5.75 Å². The van der Waals surface area contributed by atoms with Crippen LogP contribution < -0.4 is 10.1 Å². The van der Waals surface area contributed by atoms with Gasteiger partial charge in [-0.1, -0.05) is 24.3 Å². The lowest BCUT2D eigenvalue weighted by molar-refractivity contribution is -0.124. The maximum Gasteiger partial charge on any atom is 0.231 e. The van der Waals surface area contributed by atoms with Gasteiger partial charge in [0.05, 0.1) is 18.6 Å². The van der Waals surface area contributed by atoms with E-state index in [1.807, 2.05) is 35.7 Å². The minimum atomic E-state index is -0.460. The molecule has 1 aliphatic carbocycles. The summed E-state index contributed by atoms with van der Waals surface area (Å²) in [6.45, 7) is 0. The maximum atomic E-state index is 13.2. The van der Waals surface area contributed by atoms with E-state index in [0.29, 0.717) is 0 Å². The predicted molar refractivity (Wildman–Crippen MR) is 103 cm³/mol. The van der Waals surface area contributed by atoms with Crippen LogP contribution in [0.25, 0.3) is 0 Å². The van der Waals surface area contributed by atoms with Gasteiger partial charge < -0.3 is 10.1 Å². The molecule has 0 spiro atoms. The Balaban J connectivity index is 1.64. The molecule has 3 aromatic rings. The molecular weight excluding hydrogens is 350 g/mol. The molecule has 5 heteroatoms. The number of rotatable bonds is 6. The zero-order chi connectivity index (χ0) is 17.3. The van der Waals surface area contributed by atoms with E-state index >= 15 is 0 Å². The van der Waals surface area contributed by atoms with Crippen molar-refractivity contribution >= 4 is 28.6 Å². The summed E-state index contributed by atoms with van der Waals surface area (Å²) >= 11 is 3.32. The summed E-state index contributed by atoms with van der Waals surface area (Å²) < 4.78 is 5.50. The van der Waals surface area contributed by atoms with Crippen molar-refractivity contribution in [3.05, 3.63) is 74.6 Å². The van der Waals surface area contributed by atoms with Crippen LogP contribution in [-0.2, 0) is 10.2 Å². The highest BCUT2D eigenvalue weighted by molar-refractivity contribution is 7.10. The molecule has 0 aliphatic heterocycles. The molecule has 1 aliphatic rings. The van der Waals surface area contributed by atoms with Crippen LogP contribution in [0.1, 0.15) is 34.9 Å². The topological polar surface area (TPSA) is 38.3 Å². The normalized spacial score (nSPS) is 16.2. The highest BCUT2D eigenvalue weighted by Gasteiger charge is 2.53. The van der Waals surface area contributed by atoms with Crippen LogP contribution in [0.2, 0.25) is 0 Å². The fourth-order valence-electron chi connectivity index (χ4n) is 3.27. The monoisotopic (exact) mass is 369 g/mol. The van der Waals surface area contributed by atoms with Gasteiger partial charge in [-0.3, -0.25) is 4.79 Å². The Morgan fingerprint density at radius 2 is 2.00 bits per heavy atom. The number of nitrogens with one attached hydrogen (secondary N) is 1. The van der Waals surface area contributed by atoms with Gasteiger partial charge in [-0.2, -0.15) is 11.3 Å². The minimum Gasteiger partial charge on any atom is -0.496 e. The number of ether oxygens (including phenoxy) is 1. The summed E-state index contributed by atoms with van der Waals surface area (Å²) in [5.74, 6) is 0.875. The molecule has 1 aromatic carbocycles. The van der Waals surface area contributed by atoms with Crippen molar-refractivity contribution in [2.45, 2.75) is 24.3 Å². The molecule has 1 saturated carbocycles. The second kappa shape index (κ2) is 6.65. The first kappa shape index (κ1) is 16.4. The third-order valence-corrected chi connectivity index (χ3v) is 6.43. The zero-order valence-corrected chi connectivity index (χ0v) is 15.5. The van der Waals surface area contributed by atoms with E-state index < -0.39 is 5.41 Å². The van der Waals surface area contributed by atoms with Crippen molar-refractivity contribution in [2.24, 2.45) is 0 Å². The quantitative estimate of drug-likeness (QED) is 0.680. The molecule has 2 aromatic heterocycles. The maximum absolute atomic E-state index is 13.2. The van der Waals surface area contributed by atoms with Gasteiger partial charge in [-0.05, 0) is 52.7 Å². The predicted octanol–water partition coefficient (Wildman–Crippen LogP) is 4.76. The van der Waals surface area contributed by atoms with E-state index in [1.165, 1.54) is 0 Å². The molecule has 0 radical (unpaired) electrons. The Kier molecular flexibility index (Phi) is 4.36. The summed E-state index contributed by atoms with van der Waals surface area (Å²) in [6, 6.07) is 13.9. The SMILES string of the molecule is COc1ccccc1C1(C(=O)NC(c2ccsc2)c2cccs2)CC1. The molecule has 1 atom stereocenters. The average Bonchev–Trinajstić information content (AvgIpc) is 3.04. The molecule has 1 fully saturated rings. The molecule has 3 nitrogen and oxygen atoms in total. The summed E-state index contributed by atoms with van der Waals surface area (Å²) in [5.41, 5.74) is 1.67. The molecular formula is C20H19NO2S2. The highest BCUT2D eigenvalue weighted by atomic mass is 32.1. The Hall–Kier alpha value is -2.11. The number of carbonyl (C=O) groups excluding carboxylic acids is 1. The number of amides is 1. The van der Waals surface area contributed by atoms with E-state index in [4.69, 9.17) is 4.74 Å². The van der Waals surface area contributed by atoms with Crippen molar-refractivity contribution < 1.29 is 9.53 Å². The number of benzene rings is 1. The largest absolute Gasteiger partial charge is 0.496 e. The van der Waals surface area contributed by atoms with Crippen molar-refractivity contribution in [2.75, 3.05) is 7.11 Å². The van der Waals surface area contributed by atoms with Crippen LogP contribution in [0.3, 0.4) is 0 Å². The number of thiophene rings is 2. The Morgan fingerprint density at radius 1 is 1.16 bits per heavy atom. The van der Waals surface area contributed by atoms with E-state index in [2.05, 4.69) is 28.2 Å². The van der Waals surface area contributed by atoms with Crippen LogP contribution in [0.4, 0.5) is 0 Å². The third kappa shape index (κ3) is 2.98. The Labute approximate surface area is 155 Å². The van der Waals surface area contributed by atoms with Crippen LogP contribution in [0, 0.1) is 0 Å². The fourth-order valence-corrected chi connectivity index (χ4v) is 4.76. The number of hydrogen-bond acceptors (Lipinski definition) is 4. The van der Waals surface area contributed by atoms with E-state index in [1.54, 1.807) is 29.8 Å². The van der Waals surface area contributed by atoms with Gasteiger partial charge in [0, 0.05) is 10.4 Å². The van der Waals surface area contributed by atoms with Gasteiger partial charge in [0.15, 0.2) is 0 Å². The van der Waals surface area contributed by atoms with Gasteiger partial charge in [0.1, 0.15) is 5.75 Å². The summed E-state index contributed by atoms with van der Waals surface area (Å²) in [4.78, 5) is 14.4. The number of hydrogen-bond donors (Lipinski definition) is 1. The number of methoxy groups -OCH3 is 1. The van der Waals surface area contributed by atoms with Gasteiger partial charge in [0.2, 0.25) is 5.91 Å². The summed E-state index contributed by atoms with van der Waals surface area (Å²) in [5, 5.41) is 9.50. The lowest BCUT2D eigenvalue weighted by atomic mass is 9.93. The molecule has 1 unspecified atom stereocenters. The van der Waals surface area contributed by atoms with Crippen LogP contribution in [0.15, 0.2) is 58.6 Å². The van der Waals surface area contributed by atoms with E-state index in [0.717, 1.165) is 34.6 Å². The van der Waals surface area contributed by atoms with Gasteiger partial charge in [0.25, 0.3) is 0 Å². The molecule has 128 valence electrons. The minimum absolute atomic E-state index is 0.0848. The zero-order valence-electron chi connectivity index (χ0n) is 13.9. The second-order valence-corrected chi connectivity index (χ2v) is 8.02. The van der Waals surface area contributed by atoms with Crippen LogP contribution in [-0.4, -0.2) is 13.0 Å². The fraction of sp³-hybridized carbons (Fsp3) is 0.250. The number of carbonyl (C=O) groups is 1. The van der Waals surface area contributed by atoms with Crippen molar-refractivity contribution in [3.63, 3.8) is 0 Å². The highest BCUT2D eigenvalue weighted by Crippen LogP contribution is 2.52. The molecule has 1 amide bonds. The summed E-state index contributed by atoms with van der Waals surface area (Å²) in [6.07, 6.45) is 1.72. The van der Waals surface area contributed by atoms with Gasteiger partial charge in [-0.15, -0.1) is 11.3 Å². The van der Waals surface area contributed by atoms with Crippen molar-refractivity contribution in [3.8, 4) is 5.75 Å². The molecule has 2 heterocycles. The summed E-state index contributed by atoms with van der Waals surface area (Å²) in [7, 11) is 1.66. The first-order chi connectivity index (χ1) is 12.2. The molecule has 0 saturated heterocycles. The lowest BCUT2D eigenvalue weighted by Crippen LogP contribution is -2.37. The molecule has 4 rings (SSSR count). The first-order valence-corrected chi connectivity index (χ1v) is 10.1. The van der Waals surface area contributed by atoms with Crippen molar-refractivity contribution in [1.82, 2.24) is 5.32 Å². The molecule has 1 N–H and O–H groups in total. The standard InChI is InChI=1S/C20H19NO2S2/c1-23-16-6-3-2-5-15(16)20(9-10-20)19(22)21-18(14-8-12-24-13-14)17-7-4-11-25-17/h2-8,11-13,18H,9-10H2,1H3,(H,21,22). The second-order valence-electron chi connectivity index (χ2n) is 6.26. The van der Waals surface area contributed by atoms with Crippen LogP contribution >= 0.6 is 22.7 Å². The van der Waals surface area contributed by atoms with E-state index in [9.17, 15) is 4.79 Å². The lowest BCUT2D eigenvalue weighted by Gasteiger charge is -2.23. The Morgan fingerprint density at radius 3 is 2.64 bits per heavy atom. The Bertz CT molecular complexity index is 817. The molecule has 25 heavy (non-hydrogen) atoms. The van der Waals surface area contributed by atoms with Crippen molar-refractivity contribution in [1.29, 1.82) is 0 Å². The third-order valence-electron chi connectivity index (χ3n) is 4.79. The number of para-hydroxylation sites is 1. The first-order valence-electron chi connectivity index (χ1n) is 8.24. The average molecular weight is 370 g/mol. The van der Waals surface area contributed by atoms with Gasteiger partial charge >= 0.3 is 0 Å².